The molecule has 19 heavy (non-hydrogen) atoms. The Bertz CT molecular complexity index is 592. The van der Waals surface area contributed by atoms with Gasteiger partial charge in [0.1, 0.15) is 5.41 Å². The molecule has 0 unspecified atom stereocenters. The first kappa shape index (κ1) is 14.3. The van der Waals surface area contributed by atoms with E-state index in [1.807, 2.05) is 12.1 Å². The van der Waals surface area contributed by atoms with Crippen LogP contribution in [-0.4, -0.2) is 16.1 Å². The van der Waals surface area contributed by atoms with Crippen LogP contribution in [0.3, 0.4) is 0 Å². The van der Waals surface area contributed by atoms with Gasteiger partial charge in [-0.2, -0.15) is 0 Å². The van der Waals surface area contributed by atoms with E-state index in [-0.39, 0.29) is 0 Å². The van der Waals surface area contributed by atoms with Crippen molar-refractivity contribution in [3.8, 4) is 0 Å². The molecule has 0 amide bonds. The second-order valence-corrected chi connectivity index (χ2v) is 7.19. The van der Waals surface area contributed by atoms with E-state index >= 15 is 0 Å². The standard InChI is InChI=1S/C12H13ClN2O2S2/c1-12(2,10(16)17)8-6-18-11(15-8)14-5-7-3-4-9(13)19-7/h3-4,6H,5H2,1-2H3,(H,14,15)(H,16,17). The average molecular weight is 317 g/mol. The van der Waals surface area contributed by atoms with Crippen molar-refractivity contribution in [3.63, 3.8) is 0 Å². The number of nitrogens with zero attached hydrogens (tertiary/aromatic N) is 1. The number of rotatable bonds is 5. The first-order valence-electron chi connectivity index (χ1n) is 5.57. The molecule has 102 valence electrons. The van der Waals surface area contributed by atoms with Gasteiger partial charge in [0.15, 0.2) is 5.13 Å². The minimum atomic E-state index is -0.970. The van der Waals surface area contributed by atoms with Crippen molar-refractivity contribution in [1.29, 1.82) is 0 Å². The topological polar surface area (TPSA) is 62.2 Å². The van der Waals surface area contributed by atoms with Gasteiger partial charge in [0.05, 0.1) is 16.6 Å². The summed E-state index contributed by atoms with van der Waals surface area (Å²) in [5.74, 6) is -0.880. The first-order valence-corrected chi connectivity index (χ1v) is 7.64. The number of hydrogen-bond donors (Lipinski definition) is 2. The molecule has 2 heterocycles. The van der Waals surface area contributed by atoms with Crippen LogP contribution in [-0.2, 0) is 16.8 Å². The lowest BCUT2D eigenvalue weighted by Gasteiger charge is -2.15. The number of carboxylic acid groups (broad SMARTS) is 1. The van der Waals surface area contributed by atoms with E-state index in [1.165, 1.54) is 22.7 Å². The lowest BCUT2D eigenvalue weighted by atomic mass is 9.90. The molecule has 4 nitrogen and oxygen atoms in total. The van der Waals surface area contributed by atoms with Crippen molar-refractivity contribution in [3.05, 3.63) is 32.4 Å². The highest BCUT2D eigenvalue weighted by atomic mass is 35.5. The van der Waals surface area contributed by atoms with Crippen LogP contribution >= 0.6 is 34.3 Å². The summed E-state index contributed by atoms with van der Waals surface area (Å²) >= 11 is 8.77. The van der Waals surface area contributed by atoms with E-state index < -0.39 is 11.4 Å². The number of thiazole rings is 1. The molecule has 0 saturated carbocycles. The van der Waals surface area contributed by atoms with Gasteiger partial charge in [-0.15, -0.1) is 22.7 Å². The molecule has 7 heteroatoms. The molecule has 2 N–H and O–H groups in total. The van der Waals surface area contributed by atoms with Crippen LogP contribution in [0.1, 0.15) is 24.4 Å². The molecule has 0 spiro atoms. The molecular weight excluding hydrogens is 304 g/mol. The molecule has 2 aromatic rings. The molecular formula is C12H13ClN2O2S2. The molecule has 0 radical (unpaired) electrons. The monoisotopic (exact) mass is 316 g/mol. The van der Waals surface area contributed by atoms with Gasteiger partial charge < -0.3 is 10.4 Å². The van der Waals surface area contributed by atoms with E-state index in [1.54, 1.807) is 19.2 Å². The minimum Gasteiger partial charge on any atom is -0.481 e. The van der Waals surface area contributed by atoms with E-state index in [9.17, 15) is 4.79 Å². The maximum Gasteiger partial charge on any atom is 0.315 e. The van der Waals surface area contributed by atoms with Gasteiger partial charge in [-0.25, -0.2) is 4.98 Å². The third-order valence-electron chi connectivity index (χ3n) is 2.72. The highest BCUT2D eigenvalue weighted by molar-refractivity contribution is 7.16. The SMILES string of the molecule is CC(C)(C(=O)O)c1csc(NCc2ccc(Cl)s2)n1. The van der Waals surface area contributed by atoms with Crippen molar-refractivity contribution in [2.45, 2.75) is 25.8 Å². The summed E-state index contributed by atoms with van der Waals surface area (Å²) in [6.07, 6.45) is 0. The van der Waals surface area contributed by atoms with E-state index in [0.29, 0.717) is 17.4 Å². The Morgan fingerprint density at radius 2 is 2.26 bits per heavy atom. The Kier molecular flexibility index (Phi) is 4.13. The number of nitrogens with one attached hydrogen (secondary N) is 1. The van der Waals surface area contributed by atoms with Gasteiger partial charge in [-0.1, -0.05) is 11.6 Å². The number of thiophene rings is 1. The van der Waals surface area contributed by atoms with Gasteiger partial charge in [-0.3, -0.25) is 4.79 Å². The fraction of sp³-hybridized carbons (Fsp3) is 0.333. The predicted molar refractivity (Wildman–Crippen MR) is 79.4 cm³/mol. The Morgan fingerprint density at radius 1 is 1.53 bits per heavy atom. The van der Waals surface area contributed by atoms with E-state index in [4.69, 9.17) is 16.7 Å². The summed E-state index contributed by atoms with van der Waals surface area (Å²) in [7, 11) is 0. The van der Waals surface area contributed by atoms with Crippen LogP contribution in [0.25, 0.3) is 0 Å². The molecule has 2 aromatic heterocycles. The maximum absolute atomic E-state index is 11.1. The lowest BCUT2D eigenvalue weighted by Crippen LogP contribution is -2.28. The fourth-order valence-corrected chi connectivity index (χ4v) is 3.27. The summed E-state index contributed by atoms with van der Waals surface area (Å²) in [5, 5.41) is 14.8. The maximum atomic E-state index is 11.1. The molecule has 0 aromatic carbocycles. The quantitative estimate of drug-likeness (QED) is 0.880. The van der Waals surface area contributed by atoms with Crippen molar-refractivity contribution >= 4 is 45.4 Å². The third kappa shape index (κ3) is 3.26. The minimum absolute atomic E-state index is 0.566. The van der Waals surface area contributed by atoms with Crippen LogP contribution in [0.15, 0.2) is 17.5 Å². The van der Waals surface area contributed by atoms with Crippen molar-refractivity contribution in [2.24, 2.45) is 0 Å². The van der Waals surface area contributed by atoms with Crippen LogP contribution < -0.4 is 5.32 Å². The van der Waals surface area contributed by atoms with Crippen LogP contribution in [0, 0.1) is 0 Å². The Labute approximate surface area is 124 Å². The number of halogens is 1. The molecule has 0 aliphatic heterocycles. The Balaban J connectivity index is 2.03. The normalized spacial score (nSPS) is 11.5. The number of aliphatic carboxylic acids is 1. The molecule has 0 atom stereocenters. The van der Waals surface area contributed by atoms with Gasteiger partial charge >= 0.3 is 5.97 Å². The predicted octanol–water partition coefficient (Wildman–Crippen LogP) is 3.83. The van der Waals surface area contributed by atoms with Gasteiger partial charge in [0.2, 0.25) is 0 Å². The molecule has 0 saturated heterocycles. The molecule has 0 aliphatic rings. The second-order valence-electron chi connectivity index (χ2n) is 4.53. The van der Waals surface area contributed by atoms with Crippen LogP contribution in [0.5, 0.6) is 0 Å². The largest absolute Gasteiger partial charge is 0.481 e. The average Bonchev–Trinajstić information content (AvgIpc) is 2.95. The Morgan fingerprint density at radius 3 is 2.84 bits per heavy atom. The zero-order chi connectivity index (χ0) is 14.0. The Hall–Kier alpha value is -1.11. The number of carbonyl (C=O) groups is 1. The molecule has 2 rings (SSSR count). The molecule has 0 fully saturated rings. The third-order valence-corrected chi connectivity index (χ3v) is 4.75. The van der Waals surface area contributed by atoms with Gasteiger partial charge in [-0.05, 0) is 26.0 Å². The number of hydrogen-bond acceptors (Lipinski definition) is 5. The summed E-state index contributed by atoms with van der Waals surface area (Å²) < 4.78 is 0.753. The summed E-state index contributed by atoms with van der Waals surface area (Å²) in [4.78, 5) is 16.6. The summed E-state index contributed by atoms with van der Waals surface area (Å²) in [6.45, 7) is 3.93. The fourth-order valence-electron chi connectivity index (χ4n) is 1.36. The second kappa shape index (κ2) is 5.48. The van der Waals surface area contributed by atoms with Crippen LogP contribution in [0.2, 0.25) is 4.34 Å². The van der Waals surface area contributed by atoms with Crippen molar-refractivity contribution < 1.29 is 9.90 Å². The van der Waals surface area contributed by atoms with Crippen molar-refractivity contribution in [1.82, 2.24) is 4.98 Å². The molecule has 0 bridgehead atoms. The van der Waals surface area contributed by atoms with E-state index in [2.05, 4.69) is 10.3 Å². The highest BCUT2D eigenvalue weighted by Gasteiger charge is 2.32. The zero-order valence-electron chi connectivity index (χ0n) is 10.4. The zero-order valence-corrected chi connectivity index (χ0v) is 12.8. The first-order chi connectivity index (χ1) is 8.89. The molecule has 0 aliphatic carbocycles. The number of carboxylic acids is 1. The smallest absolute Gasteiger partial charge is 0.315 e. The number of anilines is 1. The lowest BCUT2D eigenvalue weighted by molar-refractivity contribution is -0.142. The van der Waals surface area contributed by atoms with E-state index in [0.717, 1.165) is 9.21 Å². The summed E-state index contributed by atoms with van der Waals surface area (Å²) in [5.41, 5.74) is -0.403. The van der Waals surface area contributed by atoms with Crippen molar-refractivity contribution in [2.75, 3.05) is 5.32 Å². The van der Waals surface area contributed by atoms with Gasteiger partial charge in [0, 0.05) is 10.3 Å². The van der Waals surface area contributed by atoms with Gasteiger partial charge in [0.25, 0.3) is 0 Å². The highest BCUT2D eigenvalue weighted by Crippen LogP contribution is 2.28. The summed E-state index contributed by atoms with van der Waals surface area (Å²) in [6, 6.07) is 3.81. The van der Waals surface area contributed by atoms with Crippen LogP contribution in [0.4, 0.5) is 5.13 Å². The number of aromatic nitrogens is 1.